The summed E-state index contributed by atoms with van der Waals surface area (Å²) in [6, 6.07) is -0.827. The third-order valence-corrected chi connectivity index (χ3v) is 0.964. The number of nitro groups is 1. The number of hydrogen-bond donors (Lipinski definition) is 2. The Morgan fingerprint density at radius 3 is 2.30 bits per heavy atom. The molecule has 54 valence electrons. The smallest absolute Gasteiger partial charge is 0.270 e. The summed E-state index contributed by atoms with van der Waals surface area (Å²) < 4.78 is 0. The molecule has 1 heterocycles. The highest BCUT2D eigenvalue weighted by Crippen LogP contribution is 1.91. The first-order valence-corrected chi connectivity index (χ1v) is 2.36. The lowest BCUT2D eigenvalue weighted by molar-refractivity contribution is -0.509. The molecule has 0 radical (unpaired) electrons. The summed E-state index contributed by atoms with van der Waals surface area (Å²) in [5.41, 5.74) is 0. The normalized spacial score (nSPS) is 23.8. The van der Waals surface area contributed by atoms with E-state index in [9.17, 15) is 19.7 Å². The fraction of sp³-hybridized carbons (Fsp3) is 0.333. The van der Waals surface area contributed by atoms with Crippen molar-refractivity contribution in [1.29, 1.82) is 0 Å². The topological polar surface area (TPSA) is 101 Å². The average Bonchev–Trinajstić information content (AvgIpc) is 2.10. The molecule has 0 aromatic heterocycles. The first kappa shape index (κ1) is 6.46. The molecule has 3 amide bonds. The summed E-state index contributed by atoms with van der Waals surface area (Å²) in [5.74, 6) is -0.921. The van der Waals surface area contributed by atoms with Crippen molar-refractivity contribution >= 4 is 11.9 Å². The van der Waals surface area contributed by atoms with Gasteiger partial charge in [-0.1, -0.05) is 0 Å². The highest BCUT2D eigenvalue weighted by Gasteiger charge is 2.38. The summed E-state index contributed by atoms with van der Waals surface area (Å²) in [5, 5.41) is 13.4. The lowest BCUT2D eigenvalue weighted by atomic mass is 10.5. The minimum atomic E-state index is -1.62. The molecule has 0 aliphatic carbocycles. The molecule has 7 heteroatoms. The molecule has 10 heavy (non-hydrogen) atoms. The maximum absolute atomic E-state index is 10.4. The van der Waals surface area contributed by atoms with Gasteiger partial charge in [-0.25, -0.2) is 4.79 Å². The van der Waals surface area contributed by atoms with Crippen LogP contribution in [0.4, 0.5) is 4.79 Å². The molecule has 1 unspecified atom stereocenters. The predicted octanol–water partition coefficient (Wildman–Crippen LogP) is -1.57. The van der Waals surface area contributed by atoms with Crippen LogP contribution in [0.15, 0.2) is 0 Å². The van der Waals surface area contributed by atoms with Gasteiger partial charge in [-0.2, -0.15) is 0 Å². The largest absolute Gasteiger partial charge is 0.366 e. The number of carbonyl (C=O) groups excluding carboxylic acids is 2. The van der Waals surface area contributed by atoms with E-state index in [1.807, 2.05) is 0 Å². The molecule has 0 saturated carbocycles. The summed E-state index contributed by atoms with van der Waals surface area (Å²) in [6.07, 6.45) is -1.62. The second kappa shape index (κ2) is 1.94. The Hall–Kier alpha value is -1.66. The van der Waals surface area contributed by atoms with Crippen LogP contribution in [0.1, 0.15) is 0 Å². The van der Waals surface area contributed by atoms with Gasteiger partial charge in [0.25, 0.3) is 0 Å². The van der Waals surface area contributed by atoms with E-state index >= 15 is 0 Å². The Labute approximate surface area is 54.5 Å². The van der Waals surface area contributed by atoms with E-state index < -0.39 is 23.0 Å². The van der Waals surface area contributed by atoms with Gasteiger partial charge in [-0.3, -0.25) is 25.5 Å². The quantitative estimate of drug-likeness (QED) is 0.264. The molecule has 1 saturated heterocycles. The predicted molar refractivity (Wildman–Crippen MR) is 27.5 cm³/mol. The monoisotopic (exact) mass is 145 g/mol. The van der Waals surface area contributed by atoms with Crippen LogP contribution in [-0.4, -0.2) is 23.0 Å². The molecule has 7 nitrogen and oxygen atoms in total. The van der Waals surface area contributed by atoms with Crippen LogP contribution < -0.4 is 10.6 Å². The van der Waals surface area contributed by atoms with Crippen molar-refractivity contribution in [3.8, 4) is 0 Å². The van der Waals surface area contributed by atoms with Crippen molar-refractivity contribution in [3.63, 3.8) is 0 Å². The van der Waals surface area contributed by atoms with E-state index in [1.165, 1.54) is 0 Å². The third kappa shape index (κ3) is 0.879. The van der Waals surface area contributed by atoms with Crippen LogP contribution in [0.2, 0.25) is 0 Å². The van der Waals surface area contributed by atoms with Crippen molar-refractivity contribution in [1.82, 2.24) is 10.6 Å². The van der Waals surface area contributed by atoms with E-state index in [4.69, 9.17) is 0 Å². The first-order chi connectivity index (χ1) is 4.61. The van der Waals surface area contributed by atoms with Crippen LogP contribution in [-0.2, 0) is 4.79 Å². The lowest BCUT2D eigenvalue weighted by Crippen LogP contribution is -2.36. The fourth-order valence-electron chi connectivity index (χ4n) is 0.555. The van der Waals surface area contributed by atoms with Gasteiger partial charge in [0, 0.05) is 0 Å². The molecule has 1 rings (SSSR count). The number of rotatable bonds is 1. The summed E-state index contributed by atoms with van der Waals surface area (Å²) in [4.78, 5) is 29.6. The Morgan fingerprint density at radius 2 is 2.10 bits per heavy atom. The van der Waals surface area contributed by atoms with Crippen molar-refractivity contribution in [2.24, 2.45) is 0 Å². The molecule has 0 aromatic rings. The molecule has 0 aromatic carbocycles. The molecular weight excluding hydrogens is 142 g/mol. The van der Waals surface area contributed by atoms with Crippen LogP contribution in [0.25, 0.3) is 0 Å². The zero-order valence-corrected chi connectivity index (χ0v) is 4.66. The fourth-order valence-corrected chi connectivity index (χ4v) is 0.555. The highest BCUT2D eigenvalue weighted by atomic mass is 16.6. The molecule has 0 spiro atoms. The maximum Gasteiger partial charge on any atom is 0.366 e. The van der Waals surface area contributed by atoms with Gasteiger partial charge in [0.05, 0.1) is 4.92 Å². The van der Waals surface area contributed by atoms with Gasteiger partial charge in [-0.15, -0.1) is 0 Å². The molecule has 0 bridgehead atoms. The Morgan fingerprint density at radius 1 is 1.50 bits per heavy atom. The summed E-state index contributed by atoms with van der Waals surface area (Å²) >= 11 is 0. The minimum Gasteiger partial charge on any atom is -0.270 e. The van der Waals surface area contributed by atoms with Gasteiger partial charge in [0.2, 0.25) is 0 Å². The summed E-state index contributed by atoms with van der Waals surface area (Å²) in [7, 11) is 0. The standard InChI is InChI=1S/C3H3N3O4/c7-2-1(6(9)10)4-3(8)5-2/h1H,(H2,4,5,7,8). The average molecular weight is 145 g/mol. The van der Waals surface area contributed by atoms with Gasteiger partial charge in [0.1, 0.15) is 0 Å². The molecule has 1 aliphatic rings. The number of urea groups is 1. The van der Waals surface area contributed by atoms with Gasteiger partial charge in [0.15, 0.2) is 0 Å². The van der Waals surface area contributed by atoms with Crippen molar-refractivity contribution in [2.75, 3.05) is 0 Å². The molecule has 1 fully saturated rings. The van der Waals surface area contributed by atoms with Crippen molar-refractivity contribution < 1.29 is 14.5 Å². The van der Waals surface area contributed by atoms with Crippen LogP contribution in [0.3, 0.4) is 0 Å². The third-order valence-electron chi connectivity index (χ3n) is 0.964. The number of nitrogens with zero attached hydrogens (tertiary/aromatic N) is 1. The Kier molecular flexibility index (Phi) is 1.25. The molecular formula is C3H3N3O4. The first-order valence-electron chi connectivity index (χ1n) is 2.36. The van der Waals surface area contributed by atoms with E-state index in [0.717, 1.165) is 0 Å². The van der Waals surface area contributed by atoms with Crippen LogP contribution >= 0.6 is 0 Å². The van der Waals surface area contributed by atoms with Gasteiger partial charge < -0.3 is 0 Å². The Balaban J connectivity index is 2.72. The van der Waals surface area contributed by atoms with E-state index in [2.05, 4.69) is 0 Å². The van der Waals surface area contributed by atoms with Crippen molar-refractivity contribution in [3.05, 3.63) is 10.1 Å². The van der Waals surface area contributed by atoms with Gasteiger partial charge in [-0.05, 0) is 0 Å². The second-order valence-corrected chi connectivity index (χ2v) is 1.65. The molecule has 2 N–H and O–H groups in total. The highest BCUT2D eigenvalue weighted by molar-refractivity contribution is 6.03. The zero-order valence-electron chi connectivity index (χ0n) is 4.66. The number of carbonyl (C=O) groups is 2. The van der Waals surface area contributed by atoms with Crippen molar-refractivity contribution in [2.45, 2.75) is 6.17 Å². The zero-order chi connectivity index (χ0) is 7.72. The van der Waals surface area contributed by atoms with Crippen LogP contribution in [0, 0.1) is 10.1 Å². The van der Waals surface area contributed by atoms with Gasteiger partial charge >= 0.3 is 18.1 Å². The molecule has 1 atom stereocenters. The minimum absolute atomic E-state index is 0.827. The van der Waals surface area contributed by atoms with E-state index in [-0.39, 0.29) is 0 Å². The van der Waals surface area contributed by atoms with E-state index in [0.29, 0.717) is 0 Å². The number of amides is 3. The maximum atomic E-state index is 10.4. The number of nitrogens with one attached hydrogen (secondary N) is 2. The van der Waals surface area contributed by atoms with Crippen LogP contribution in [0.5, 0.6) is 0 Å². The number of hydrogen-bond acceptors (Lipinski definition) is 4. The SMILES string of the molecule is O=C1NC(=O)C([N+](=O)[O-])N1. The second-order valence-electron chi connectivity index (χ2n) is 1.65. The number of imide groups is 1. The van der Waals surface area contributed by atoms with E-state index in [1.54, 1.807) is 10.6 Å². The Bertz CT molecular complexity index is 212. The lowest BCUT2D eigenvalue weighted by Gasteiger charge is -1.93. The molecule has 1 aliphatic heterocycles. The summed E-state index contributed by atoms with van der Waals surface area (Å²) in [6.45, 7) is 0.